The van der Waals surface area contributed by atoms with Gasteiger partial charge in [-0.05, 0) is 37.3 Å². The molecule has 1 aromatic carbocycles. The van der Waals surface area contributed by atoms with Crippen LogP contribution in [0.25, 0.3) is 5.69 Å². The molecular weight excluding hydrogens is 453 g/mol. The van der Waals surface area contributed by atoms with Crippen LogP contribution in [0.1, 0.15) is 24.8 Å². The van der Waals surface area contributed by atoms with E-state index < -0.39 is 0 Å². The number of guanidine groups is 1. The molecule has 0 amide bonds. The van der Waals surface area contributed by atoms with Gasteiger partial charge in [0.1, 0.15) is 0 Å². The van der Waals surface area contributed by atoms with Crippen LogP contribution in [0.3, 0.4) is 0 Å². The van der Waals surface area contributed by atoms with E-state index in [0.29, 0.717) is 6.54 Å². The summed E-state index contributed by atoms with van der Waals surface area (Å²) in [6.07, 6.45) is 7.50. The number of ether oxygens (including phenoxy) is 1. The van der Waals surface area contributed by atoms with Crippen molar-refractivity contribution in [3.05, 3.63) is 48.3 Å². The third kappa shape index (κ3) is 6.49. The van der Waals surface area contributed by atoms with Crippen LogP contribution in [0.5, 0.6) is 0 Å². The monoisotopic (exact) mass is 483 g/mol. The summed E-state index contributed by atoms with van der Waals surface area (Å²) >= 11 is 0. The number of hydrogen-bond donors (Lipinski definition) is 1. The molecule has 1 fully saturated rings. The van der Waals surface area contributed by atoms with Crippen molar-refractivity contribution in [3.8, 4) is 5.69 Å². The van der Waals surface area contributed by atoms with Gasteiger partial charge < -0.3 is 15.0 Å². The van der Waals surface area contributed by atoms with Crippen molar-refractivity contribution < 1.29 is 4.74 Å². The van der Waals surface area contributed by atoms with E-state index in [0.717, 1.165) is 42.9 Å². The summed E-state index contributed by atoms with van der Waals surface area (Å²) in [7, 11) is 3.93. The molecule has 2 heterocycles. The van der Waals surface area contributed by atoms with E-state index >= 15 is 0 Å². The summed E-state index contributed by atoms with van der Waals surface area (Å²) in [4.78, 5) is 6.62. The third-order valence-corrected chi connectivity index (χ3v) is 4.89. The highest BCUT2D eigenvalue weighted by Crippen LogP contribution is 2.18. The molecule has 0 radical (unpaired) electrons. The second-order valence-electron chi connectivity index (χ2n) is 6.80. The summed E-state index contributed by atoms with van der Waals surface area (Å²) in [5.41, 5.74) is 2.20. The summed E-state index contributed by atoms with van der Waals surface area (Å²) in [5, 5.41) is 7.88. The molecule has 7 heteroatoms. The maximum absolute atomic E-state index is 5.44. The van der Waals surface area contributed by atoms with Crippen molar-refractivity contribution in [1.29, 1.82) is 0 Å². The Morgan fingerprint density at radius 1 is 1.30 bits per heavy atom. The molecule has 3 rings (SSSR count). The Morgan fingerprint density at radius 2 is 2.04 bits per heavy atom. The van der Waals surface area contributed by atoms with Gasteiger partial charge in [0.2, 0.25) is 0 Å². The average molecular weight is 483 g/mol. The van der Waals surface area contributed by atoms with E-state index in [1.165, 1.54) is 19.3 Å². The molecule has 0 spiro atoms. The standard InChI is InChI=1S/C20H29N5O.HI/c1-21-20(24(2)11-8-17-9-12-26-13-10-17)22-14-18-15-23-25(16-18)19-6-4-3-5-7-19;/h3-7,15-17H,8-14H2,1-2H3,(H,21,22);1H. The van der Waals surface area contributed by atoms with Crippen LogP contribution in [-0.2, 0) is 11.3 Å². The predicted molar refractivity (Wildman–Crippen MR) is 120 cm³/mol. The lowest BCUT2D eigenvalue weighted by Gasteiger charge is -2.26. The first-order chi connectivity index (χ1) is 12.8. The number of nitrogens with zero attached hydrogens (tertiary/aromatic N) is 4. The second-order valence-corrected chi connectivity index (χ2v) is 6.80. The van der Waals surface area contributed by atoms with Gasteiger partial charge in [-0.1, -0.05) is 18.2 Å². The molecule has 0 unspecified atom stereocenters. The topological polar surface area (TPSA) is 54.7 Å². The zero-order valence-electron chi connectivity index (χ0n) is 16.2. The van der Waals surface area contributed by atoms with Crippen molar-refractivity contribution in [2.75, 3.05) is 33.9 Å². The van der Waals surface area contributed by atoms with E-state index in [1.54, 1.807) is 0 Å². The van der Waals surface area contributed by atoms with Crippen LogP contribution in [0.15, 0.2) is 47.7 Å². The smallest absolute Gasteiger partial charge is 0.193 e. The lowest BCUT2D eigenvalue weighted by Crippen LogP contribution is -2.39. The van der Waals surface area contributed by atoms with E-state index in [1.807, 2.05) is 48.3 Å². The van der Waals surface area contributed by atoms with Gasteiger partial charge in [-0.2, -0.15) is 5.10 Å². The van der Waals surface area contributed by atoms with Gasteiger partial charge in [0.25, 0.3) is 0 Å². The number of rotatable bonds is 6. The summed E-state index contributed by atoms with van der Waals surface area (Å²) in [6.45, 7) is 3.54. The van der Waals surface area contributed by atoms with Gasteiger partial charge in [0, 0.05) is 52.2 Å². The number of nitrogens with one attached hydrogen (secondary N) is 1. The van der Waals surface area contributed by atoms with Gasteiger partial charge in [-0.25, -0.2) is 4.68 Å². The fraction of sp³-hybridized carbons (Fsp3) is 0.500. The van der Waals surface area contributed by atoms with Crippen molar-refractivity contribution >= 4 is 29.9 Å². The number of benzene rings is 1. The van der Waals surface area contributed by atoms with Crippen LogP contribution < -0.4 is 5.32 Å². The molecule has 1 aliphatic heterocycles. The molecule has 0 aliphatic carbocycles. The minimum absolute atomic E-state index is 0. The number of aliphatic imine (C=N–C) groups is 1. The SMILES string of the molecule is CN=C(NCc1cnn(-c2ccccc2)c1)N(C)CCC1CCOCC1.I. The molecule has 6 nitrogen and oxygen atoms in total. The molecule has 0 saturated carbocycles. The quantitative estimate of drug-likeness (QED) is 0.389. The molecule has 2 aromatic rings. The van der Waals surface area contributed by atoms with Crippen molar-refractivity contribution in [2.24, 2.45) is 10.9 Å². The van der Waals surface area contributed by atoms with Crippen molar-refractivity contribution in [2.45, 2.75) is 25.8 Å². The Morgan fingerprint density at radius 3 is 2.74 bits per heavy atom. The Hall–Kier alpha value is -1.61. The predicted octanol–water partition coefficient (Wildman–Crippen LogP) is 3.31. The maximum Gasteiger partial charge on any atom is 0.193 e. The highest BCUT2D eigenvalue weighted by Gasteiger charge is 2.15. The number of halogens is 1. The van der Waals surface area contributed by atoms with Gasteiger partial charge in [0.15, 0.2) is 5.96 Å². The molecule has 148 valence electrons. The van der Waals surface area contributed by atoms with E-state index in [4.69, 9.17) is 4.74 Å². The first kappa shape index (κ1) is 21.7. The van der Waals surface area contributed by atoms with E-state index in [-0.39, 0.29) is 24.0 Å². The van der Waals surface area contributed by atoms with Gasteiger partial charge >= 0.3 is 0 Å². The molecule has 0 atom stereocenters. The normalized spacial score (nSPS) is 15.3. The Balaban J connectivity index is 0.00000261. The van der Waals surface area contributed by atoms with E-state index in [9.17, 15) is 0 Å². The minimum Gasteiger partial charge on any atom is -0.381 e. The summed E-state index contributed by atoms with van der Waals surface area (Å²) < 4.78 is 7.34. The first-order valence-electron chi connectivity index (χ1n) is 9.35. The number of aromatic nitrogens is 2. The summed E-state index contributed by atoms with van der Waals surface area (Å²) in [5.74, 6) is 1.69. The first-order valence-corrected chi connectivity index (χ1v) is 9.35. The van der Waals surface area contributed by atoms with Crippen LogP contribution in [-0.4, -0.2) is 54.5 Å². The second kappa shape index (κ2) is 11.3. The maximum atomic E-state index is 5.44. The molecule has 1 N–H and O–H groups in total. The van der Waals surface area contributed by atoms with Crippen LogP contribution in [0, 0.1) is 5.92 Å². The molecule has 0 bridgehead atoms. The third-order valence-electron chi connectivity index (χ3n) is 4.89. The lowest BCUT2D eigenvalue weighted by atomic mass is 9.96. The molecule has 1 aromatic heterocycles. The molecule has 1 aliphatic rings. The Bertz CT molecular complexity index is 697. The van der Waals surface area contributed by atoms with E-state index in [2.05, 4.69) is 33.6 Å². The average Bonchev–Trinajstić information content (AvgIpc) is 3.17. The fourth-order valence-corrected chi connectivity index (χ4v) is 3.26. The zero-order valence-corrected chi connectivity index (χ0v) is 18.5. The van der Waals surface area contributed by atoms with Crippen molar-refractivity contribution in [1.82, 2.24) is 20.0 Å². The highest BCUT2D eigenvalue weighted by molar-refractivity contribution is 14.0. The number of para-hydroxylation sites is 1. The van der Waals surface area contributed by atoms with Gasteiger partial charge in [0.05, 0.1) is 11.9 Å². The Kier molecular flexibility index (Phi) is 9.06. The van der Waals surface area contributed by atoms with Gasteiger partial charge in [-0.15, -0.1) is 24.0 Å². The zero-order chi connectivity index (χ0) is 18.2. The largest absolute Gasteiger partial charge is 0.381 e. The number of hydrogen-bond acceptors (Lipinski definition) is 3. The van der Waals surface area contributed by atoms with Crippen LogP contribution in [0.2, 0.25) is 0 Å². The fourth-order valence-electron chi connectivity index (χ4n) is 3.26. The highest BCUT2D eigenvalue weighted by atomic mass is 127. The molecular formula is C20H30IN5O. The van der Waals surface area contributed by atoms with Gasteiger partial charge in [-0.3, -0.25) is 4.99 Å². The lowest BCUT2D eigenvalue weighted by molar-refractivity contribution is 0.0625. The minimum atomic E-state index is 0. The Labute approximate surface area is 179 Å². The molecule has 1 saturated heterocycles. The van der Waals surface area contributed by atoms with Crippen LogP contribution >= 0.6 is 24.0 Å². The molecule has 27 heavy (non-hydrogen) atoms. The van der Waals surface area contributed by atoms with Crippen LogP contribution in [0.4, 0.5) is 0 Å². The van der Waals surface area contributed by atoms with Crippen molar-refractivity contribution in [3.63, 3.8) is 0 Å². The summed E-state index contributed by atoms with van der Waals surface area (Å²) in [6, 6.07) is 10.1.